The zero-order chi connectivity index (χ0) is 36.7. The molecule has 0 radical (unpaired) electrons. The number of esters is 5. The van der Waals surface area contributed by atoms with E-state index >= 15 is 0 Å². The van der Waals surface area contributed by atoms with E-state index < -0.39 is 51.5 Å². The third-order valence-electron chi connectivity index (χ3n) is 8.40. The number of hydrogen-bond donors (Lipinski definition) is 0. The minimum Gasteiger partial charge on any atom is -0.466 e. The highest BCUT2D eigenvalue weighted by molar-refractivity contribution is 8.26. The van der Waals surface area contributed by atoms with Crippen LogP contribution in [0.3, 0.4) is 0 Å². The lowest BCUT2D eigenvalue weighted by Crippen LogP contribution is -2.57. The highest BCUT2D eigenvalue weighted by atomic mass is 32.2. The Morgan fingerprint density at radius 2 is 1.42 bits per heavy atom. The molecule has 1 aliphatic carbocycles. The van der Waals surface area contributed by atoms with Crippen molar-refractivity contribution in [2.75, 3.05) is 33.3 Å². The molecule has 0 fully saturated rings. The molecule has 0 bridgehead atoms. The fourth-order valence-electron chi connectivity index (χ4n) is 6.23. The van der Waals surface area contributed by atoms with Crippen LogP contribution in [0.15, 0.2) is 67.2 Å². The smallest absolute Gasteiger partial charge is 0.345 e. The predicted octanol–water partition coefficient (Wildman–Crippen LogP) is 5.12. The van der Waals surface area contributed by atoms with Crippen molar-refractivity contribution < 1.29 is 52.5 Å². The van der Waals surface area contributed by atoms with Crippen molar-refractivity contribution in [1.29, 1.82) is 0 Å². The van der Waals surface area contributed by atoms with Gasteiger partial charge in [0, 0.05) is 23.0 Å². The fourth-order valence-corrected chi connectivity index (χ4v) is 11.3. The van der Waals surface area contributed by atoms with Gasteiger partial charge in [0.25, 0.3) is 5.91 Å². The Labute approximate surface area is 301 Å². The zero-order valence-electron chi connectivity index (χ0n) is 28.6. The minimum atomic E-state index is -1.72. The van der Waals surface area contributed by atoms with Gasteiger partial charge >= 0.3 is 29.8 Å². The van der Waals surface area contributed by atoms with Crippen LogP contribution in [0.25, 0.3) is 5.57 Å². The Morgan fingerprint density at radius 3 is 1.94 bits per heavy atom. The third-order valence-corrected chi connectivity index (χ3v) is 13.1. The number of amides is 1. The zero-order valence-corrected chi connectivity index (χ0v) is 31.1. The molecule has 50 heavy (non-hydrogen) atoms. The molecular weight excluding hydrogens is 707 g/mol. The Morgan fingerprint density at radius 1 is 0.840 bits per heavy atom. The van der Waals surface area contributed by atoms with E-state index in [-0.39, 0.29) is 20.3 Å². The number of anilines is 1. The van der Waals surface area contributed by atoms with E-state index in [4.69, 9.17) is 23.7 Å². The van der Waals surface area contributed by atoms with E-state index in [1.54, 1.807) is 26.0 Å². The van der Waals surface area contributed by atoms with Crippen LogP contribution < -0.4 is 4.90 Å². The molecule has 1 atom stereocenters. The number of rotatable bonds is 7. The summed E-state index contributed by atoms with van der Waals surface area (Å²) < 4.78 is 24.5. The van der Waals surface area contributed by atoms with Crippen molar-refractivity contribution in [3.63, 3.8) is 0 Å². The first-order valence-corrected chi connectivity index (χ1v) is 17.7. The van der Waals surface area contributed by atoms with E-state index in [0.717, 1.165) is 69.3 Å². The van der Waals surface area contributed by atoms with Gasteiger partial charge in [-0.25, -0.2) is 19.2 Å². The molecule has 0 aromatic heterocycles. The maximum Gasteiger partial charge on any atom is 0.345 e. The molecule has 0 N–H and O–H groups in total. The molecule has 4 aliphatic rings. The normalized spacial score (nSPS) is 19.3. The summed E-state index contributed by atoms with van der Waals surface area (Å²) in [6, 6.07) is 5.39. The van der Waals surface area contributed by atoms with Gasteiger partial charge in [-0.05, 0) is 51.3 Å². The predicted molar refractivity (Wildman–Crippen MR) is 189 cm³/mol. The average Bonchev–Trinajstić information content (AvgIpc) is 3.49. The first kappa shape index (κ1) is 37.1. The molecule has 1 spiro atoms. The Kier molecular flexibility index (Phi) is 10.5. The number of nitrogens with zero attached hydrogens (tertiary/aromatic N) is 1. The van der Waals surface area contributed by atoms with E-state index in [2.05, 4.69) is 0 Å². The van der Waals surface area contributed by atoms with Gasteiger partial charge in [-0.3, -0.25) is 14.5 Å². The summed E-state index contributed by atoms with van der Waals surface area (Å²) in [5.41, 5.74) is 1.26. The van der Waals surface area contributed by atoms with Crippen LogP contribution in [-0.2, 0) is 52.5 Å². The van der Waals surface area contributed by atoms with Gasteiger partial charge in [-0.15, -0.1) is 0 Å². The number of allylic oxidation sites excluding steroid dienone is 3. The first-order valence-electron chi connectivity index (χ1n) is 15.3. The van der Waals surface area contributed by atoms with Crippen LogP contribution in [0.4, 0.5) is 5.69 Å². The summed E-state index contributed by atoms with van der Waals surface area (Å²) in [6.45, 7) is 6.62. The summed E-state index contributed by atoms with van der Waals surface area (Å²) in [4.78, 5) is 82.8. The maximum atomic E-state index is 14.9. The quantitative estimate of drug-likeness (QED) is 0.269. The third kappa shape index (κ3) is 6.08. The van der Waals surface area contributed by atoms with Gasteiger partial charge in [0.1, 0.15) is 18.8 Å². The molecule has 12 nitrogen and oxygen atoms in total. The van der Waals surface area contributed by atoms with Gasteiger partial charge in [-0.1, -0.05) is 65.1 Å². The van der Waals surface area contributed by atoms with E-state index in [0.29, 0.717) is 40.1 Å². The maximum absolute atomic E-state index is 14.9. The van der Waals surface area contributed by atoms with Crippen LogP contribution in [0.5, 0.6) is 0 Å². The van der Waals surface area contributed by atoms with Crippen molar-refractivity contribution in [2.24, 2.45) is 0 Å². The first-order chi connectivity index (χ1) is 23.7. The largest absolute Gasteiger partial charge is 0.466 e. The standard InChI is InChI=1S/C35H35NO11S3/c1-17-14-15-21-20(16-17)22-28(34(3,4)36(21)29(38)24(47-18(2)37)19-12-10-9-11-13-19)48-25(31(40)44-6)23(30(39)43-5)35(22)49-26(32(41)45-7)27(50-35)33(42)46-8/h9-10,12,14-16,24H,11,13H2,1-8H3/t24-/m0/s1. The number of fused-ring (bicyclic) bond motifs is 3. The van der Waals surface area contributed by atoms with Crippen molar-refractivity contribution in [1.82, 2.24) is 0 Å². The van der Waals surface area contributed by atoms with Gasteiger partial charge < -0.3 is 23.7 Å². The monoisotopic (exact) mass is 741 g/mol. The summed E-state index contributed by atoms with van der Waals surface area (Å²) in [5.74, 6) is -4.68. The number of aryl methyl sites for hydroxylation is 1. The number of methoxy groups -OCH3 is 4. The summed E-state index contributed by atoms with van der Waals surface area (Å²) >= 11 is 2.62. The lowest BCUT2D eigenvalue weighted by Gasteiger charge is -2.51. The van der Waals surface area contributed by atoms with E-state index in [9.17, 15) is 28.8 Å². The van der Waals surface area contributed by atoms with Crippen molar-refractivity contribution >= 4 is 82.3 Å². The van der Waals surface area contributed by atoms with Gasteiger partial charge in [0.2, 0.25) is 6.10 Å². The van der Waals surface area contributed by atoms with Crippen molar-refractivity contribution in [3.8, 4) is 0 Å². The Balaban J connectivity index is 1.86. The Bertz CT molecular complexity index is 1860. The number of thioether (sulfide) groups is 3. The van der Waals surface area contributed by atoms with E-state index in [1.165, 1.54) is 11.8 Å². The number of carbonyl (C=O) groups is 6. The van der Waals surface area contributed by atoms with Crippen LogP contribution in [-0.4, -0.2) is 79.9 Å². The molecule has 0 saturated heterocycles. The number of hydrogen-bond acceptors (Lipinski definition) is 14. The fraction of sp³-hybridized carbons (Fsp3) is 0.371. The second-order valence-corrected chi connectivity index (χ2v) is 15.6. The molecule has 0 saturated carbocycles. The summed E-state index contributed by atoms with van der Waals surface area (Å²) in [7, 11) is 4.62. The lowest BCUT2D eigenvalue weighted by atomic mass is 9.82. The molecule has 1 amide bonds. The van der Waals surface area contributed by atoms with Crippen LogP contribution in [0, 0.1) is 6.92 Å². The van der Waals surface area contributed by atoms with Crippen LogP contribution in [0.1, 0.15) is 44.7 Å². The topological polar surface area (TPSA) is 152 Å². The van der Waals surface area contributed by atoms with Gasteiger partial charge in [0.15, 0.2) is 0 Å². The molecule has 1 aromatic carbocycles. The van der Waals surface area contributed by atoms with Crippen molar-refractivity contribution in [2.45, 2.75) is 56.3 Å². The van der Waals surface area contributed by atoms with Crippen molar-refractivity contribution in [3.05, 3.63) is 78.3 Å². The molecule has 3 heterocycles. The van der Waals surface area contributed by atoms with Crippen LogP contribution in [0.2, 0.25) is 0 Å². The second kappa shape index (κ2) is 14.2. The molecule has 1 aromatic rings. The minimum absolute atomic E-state index is 0.147. The second-order valence-electron chi connectivity index (χ2n) is 11.9. The number of ether oxygens (including phenoxy) is 5. The van der Waals surface area contributed by atoms with Gasteiger partial charge in [-0.2, -0.15) is 0 Å². The molecule has 3 aliphatic heterocycles. The average molecular weight is 742 g/mol. The summed E-state index contributed by atoms with van der Waals surface area (Å²) in [5, 5.41) is 0. The van der Waals surface area contributed by atoms with Crippen LogP contribution >= 0.6 is 35.3 Å². The number of benzene rings is 1. The lowest BCUT2D eigenvalue weighted by molar-refractivity contribution is -0.151. The van der Waals surface area contributed by atoms with E-state index in [1.807, 2.05) is 31.2 Å². The summed E-state index contributed by atoms with van der Waals surface area (Å²) in [6.07, 6.45) is 5.41. The highest BCUT2D eigenvalue weighted by Crippen LogP contribution is 2.71. The SMILES string of the molecule is COC(=O)C1=C(C(=O)OC)SC2(S1)C(C(=O)OC)=C(C(=O)OC)SC1=C2c2cc(C)ccc2N(C(=O)[C@@H](OC(C)=O)C2=CC=CCC2)C1(C)C. The molecule has 0 unspecified atom stereocenters. The molecular formula is C35H35NO11S3. The number of carbonyl (C=O) groups excluding carboxylic acids is 6. The molecule has 5 rings (SSSR count). The molecule has 264 valence electrons. The molecule has 15 heteroatoms. The highest BCUT2D eigenvalue weighted by Gasteiger charge is 2.62. The Hall–Kier alpha value is -4.21. The van der Waals surface area contributed by atoms with Gasteiger partial charge in [0.05, 0.1) is 45.2 Å².